The molecule has 0 aromatic heterocycles. The fourth-order valence-corrected chi connectivity index (χ4v) is 2.23. The molecule has 2 rings (SSSR count). The molecule has 0 aliphatic heterocycles. The standard InChI is InChI=1S/C14H10BrIO3/c15-10-3-6-12(14(17)18)13(7-10)19-8-9-1-4-11(16)5-2-9/h1-7H,8H2,(H,17,18). The number of ether oxygens (including phenoxy) is 1. The van der Waals surface area contributed by atoms with Crippen molar-refractivity contribution in [3.8, 4) is 5.75 Å². The topological polar surface area (TPSA) is 46.5 Å². The molecule has 2 aromatic rings. The molecule has 0 bridgehead atoms. The molecule has 0 heterocycles. The molecule has 0 fully saturated rings. The van der Waals surface area contributed by atoms with Crippen molar-refractivity contribution in [2.75, 3.05) is 0 Å². The van der Waals surface area contributed by atoms with Crippen LogP contribution >= 0.6 is 38.5 Å². The van der Waals surface area contributed by atoms with E-state index in [1.54, 1.807) is 12.1 Å². The van der Waals surface area contributed by atoms with Crippen LogP contribution in [0.2, 0.25) is 0 Å². The van der Waals surface area contributed by atoms with E-state index in [-0.39, 0.29) is 5.56 Å². The van der Waals surface area contributed by atoms with Crippen LogP contribution in [0.15, 0.2) is 46.9 Å². The van der Waals surface area contributed by atoms with Gasteiger partial charge in [-0.3, -0.25) is 0 Å². The van der Waals surface area contributed by atoms with E-state index >= 15 is 0 Å². The van der Waals surface area contributed by atoms with Gasteiger partial charge in [0.25, 0.3) is 0 Å². The quantitative estimate of drug-likeness (QED) is 0.731. The van der Waals surface area contributed by atoms with Crippen molar-refractivity contribution >= 4 is 44.5 Å². The molecule has 0 spiro atoms. The molecule has 0 radical (unpaired) electrons. The van der Waals surface area contributed by atoms with E-state index in [2.05, 4.69) is 38.5 Å². The molecular formula is C14H10BrIO3. The zero-order valence-electron chi connectivity index (χ0n) is 9.77. The Bertz CT molecular complexity index is 596. The minimum Gasteiger partial charge on any atom is -0.488 e. The molecule has 0 amide bonds. The average molecular weight is 433 g/mol. The van der Waals surface area contributed by atoms with Gasteiger partial charge in [0.15, 0.2) is 0 Å². The molecule has 98 valence electrons. The van der Waals surface area contributed by atoms with Crippen molar-refractivity contribution in [1.29, 1.82) is 0 Å². The Morgan fingerprint density at radius 3 is 2.53 bits per heavy atom. The van der Waals surface area contributed by atoms with Crippen LogP contribution in [-0.2, 0) is 6.61 Å². The summed E-state index contributed by atoms with van der Waals surface area (Å²) in [5.74, 6) is -0.634. The first-order chi connectivity index (χ1) is 9.06. The minimum atomic E-state index is -0.995. The summed E-state index contributed by atoms with van der Waals surface area (Å²) in [4.78, 5) is 11.1. The van der Waals surface area contributed by atoms with E-state index in [0.29, 0.717) is 12.4 Å². The fourth-order valence-electron chi connectivity index (χ4n) is 1.53. The second-order valence-electron chi connectivity index (χ2n) is 3.86. The third-order valence-electron chi connectivity index (χ3n) is 2.48. The van der Waals surface area contributed by atoms with Crippen LogP contribution in [0.3, 0.4) is 0 Å². The number of carboxylic acids is 1. The predicted molar refractivity (Wildman–Crippen MR) is 84.6 cm³/mol. The highest BCUT2D eigenvalue weighted by Gasteiger charge is 2.11. The lowest BCUT2D eigenvalue weighted by Crippen LogP contribution is -2.03. The number of benzene rings is 2. The van der Waals surface area contributed by atoms with Crippen molar-refractivity contribution in [1.82, 2.24) is 0 Å². The van der Waals surface area contributed by atoms with Gasteiger partial charge < -0.3 is 9.84 Å². The van der Waals surface area contributed by atoms with Gasteiger partial charge in [-0.05, 0) is 58.5 Å². The highest BCUT2D eigenvalue weighted by molar-refractivity contribution is 14.1. The van der Waals surface area contributed by atoms with Gasteiger partial charge in [0.05, 0.1) is 0 Å². The van der Waals surface area contributed by atoms with Gasteiger partial charge in [0.2, 0.25) is 0 Å². The van der Waals surface area contributed by atoms with Crippen molar-refractivity contribution < 1.29 is 14.6 Å². The van der Waals surface area contributed by atoms with Gasteiger partial charge in [0, 0.05) is 8.04 Å². The first-order valence-electron chi connectivity index (χ1n) is 5.46. The molecule has 0 aliphatic rings. The second kappa shape index (κ2) is 6.38. The van der Waals surface area contributed by atoms with Crippen LogP contribution < -0.4 is 4.74 Å². The number of aromatic carboxylic acids is 1. The Kier molecular flexibility index (Phi) is 4.81. The van der Waals surface area contributed by atoms with Crippen LogP contribution in [0.1, 0.15) is 15.9 Å². The summed E-state index contributed by atoms with van der Waals surface area (Å²) in [5.41, 5.74) is 1.16. The number of carbonyl (C=O) groups is 1. The minimum absolute atomic E-state index is 0.161. The summed E-state index contributed by atoms with van der Waals surface area (Å²) in [6.07, 6.45) is 0. The molecule has 5 heteroatoms. The maximum atomic E-state index is 11.1. The fraction of sp³-hybridized carbons (Fsp3) is 0.0714. The van der Waals surface area contributed by atoms with Gasteiger partial charge in [-0.1, -0.05) is 28.1 Å². The monoisotopic (exact) mass is 432 g/mol. The third-order valence-corrected chi connectivity index (χ3v) is 3.69. The molecular weight excluding hydrogens is 423 g/mol. The van der Waals surface area contributed by atoms with E-state index in [4.69, 9.17) is 9.84 Å². The van der Waals surface area contributed by atoms with E-state index in [1.165, 1.54) is 6.07 Å². The van der Waals surface area contributed by atoms with E-state index in [9.17, 15) is 4.79 Å². The van der Waals surface area contributed by atoms with Crippen LogP contribution in [-0.4, -0.2) is 11.1 Å². The van der Waals surface area contributed by atoms with Crippen LogP contribution in [0.5, 0.6) is 5.75 Å². The number of hydrogen-bond donors (Lipinski definition) is 1. The van der Waals surface area contributed by atoms with Gasteiger partial charge in [-0.2, -0.15) is 0 Å². The zero-order valence-corrected chi connectivity index (χ0v) is 13.5. The molecule has 19 heavy (non-hydrogen) atoms. The summed E-state index contributed by atoms with van der Waals surface area (Å²) < 4.78 is 7.53. The Morgan fingerprint density at radius 1 is 1.21 bits per heavy atom. The maximum Gasteiger partial charge on any atom is 0.339 e. The Hall–Kier alpha value is -1.08. The van der Waals surface area contributed by atoms with Gasteiger partial charge in [-0.15, -0.1) is 0 Å². The molecule has 0 unspecified atom stereocenters. The van der Waals surface area contributed by atoms with E-state index in [1.807, 2.05) is 24.3 Å². The molecule has 0 atom stereocenters. The summed E-state index contributed by atoms with van der Waals surface area (Å²) in [6, 6.07) is 12.8. The normalized spacial score (nSPS) is 10.2. The van der Waals surface area contributed by atoms with Crippen molar-refractivity contribution in [3.63, 3.8) is 0 Å². The molecule has 1 N–H and O–H groups in total. The van der Waals surface area contributed by atoms with E-state index in [0.717, 1.165) is 13.6 Å². The van der Waals surface area contributed by atoms with Gasteiger partial charge in [0.1, 0.15) is 17.9 Å². The Morgan fingerprint density at radius 2 is 1.89 bits per heavy atom. The first kappa shape index (κ1) is 14.3. The Balaban J connectivity index is 2.16. The van der Waals surface area contributed by atoms with Crippen molar-refractivity contribution in [2.45, 2.75) is 6.61 Å². The van der Waals surface area contributed by atoms with Crippen molar-refractivity contribution in [3.05, 3.63) is 61.6 Å². The first-order valence-corrected chi connectivity index (χ1v) is 7.33. The van der Waals surface area contributed by atoms with Crippen LogP contribution in [0.25, 0.3) is 0 Å². The highest BCUT2D eigenvalue weighted by atomic mass is 127. The summed E-state index contributed by atoms with van der Waals surface area (Å²) in [5, 5.41) is 9.09. The number of hydrogen-bond acceptors (Lipinski definition) is 2. The smallest absolute Gasteiger partial charge is 0.339 e. The third kappa shape index (κ3) is 3.94. The van der Waals surface area contributed by atoms with Gasteiger partial charge >= 0.3 is 5.97 Å². The molecule has 3 nitrogen and oxygen atoms in total. The lowest BCUT2D eigenvalue weighted by molar-refractivity contribution is 0.0691. The molecule has 0 saturated heterocycles. The van der Waals surface area contributed by atoms with Crippen LogP contribution in [0.4, 0.5) is 0 Å². The maximum absolute atomic E-state index is 11.1. The number of carboxylic acid groups (broad SMARTS) is 1. The summed E-state index contributed by atoms with van der Waals surface area (Å²) in [7, 11) is 0. The lowest BCUT2D eigenvalue weighted by atomic mass is 10.2. The summed E-state index contributed by atoms with van der Waals surface area (Å²) >= 11 is 5.54. The predicted octanol–water partition coefficient (Wildman–Crippen LogP) is 4.33. The molecule has 0 saturated carbocycles. The highest BCUT2D eigenvalue weighted by Crippen LogP contribution is 2.24. The summed E-state index contributed by atoms with van der Waals surface area (Å²) in [6.45, 7) is 0.341. The van der Waals surface area contributed by atoms with E-state index < -0.39 is 5.97 Å². The van der Waals surface area contributed by atoms with Crippen LogP contribution in [0, 0.1) is 3.57 Å². The number of rotatable bonds is 4. The molecule has 2 aromatic carbocycles. The molecule has 0 aliphatic carbocycles. The lowest BCUT2D eigenvalue weighted by Gasteiger charge is -2.09. The average Bonchev–Trinajstić information content (AvgIpc) is 2.38. The second-order valence-corrected chi connectivity index (χ2v) is 6.02. The SMILES string of the molecule is O=C(O)c1ccc(Br)cc1OCc1ccc(I)cc1. The van der Waals surface area contributed by atoms with Gasteiger partial charge in [-0.25, -0.2) is 4.79 Å². The largest absolute Gasteiger partial charge is 0.488 e. The zero-order chi connectivity index (χ0) is 13.8. The van der Waals surface area contributed by atoms with Crippen molar-refractivity contribution in [2.24, 2.45) is 0 Å². The Labute approximate surface area is 132 Å². The number of halogens is 2.